The second-order valence-corrected chi connectivity index (χ2v) is 10.5. The van der Waals surface area contributed by atoms with E-state index in [0.717, 1.165) is 77.2 Å². The van der Waals surface area contributed by atoms with Gasteiger partial charge >= 0.3 is 24.3 Å². The van der Waals surface area contributed by atoms with Crippen molar-refractivity contribution in [2.45, 2.75) is 51.5 Å². The van der Waals surface area contributed by atoms with E-state index in [1.807, 2.05) is 29.4 Å². The van der Waals surface area contributed by atoms with Crippen LogP contribution >= 0.6 is 0 Å². The van der Waals surface area contributed by atoms with Gasteiger partial charge in [0.05, 0.1) is 13.2 Å². The van der Waals surface area contributed by atoms with Gasteiger partial charge in [0.1, 0.15) is 0 Å². The van der Waals surface area contributed by atoms with Gasteiger partial charge in [0, 0.05) is 56.1 Å². The number of hydrogen-bond acceptors (Lipinski definition) is 6. The molecule has 0 unspecified atom stereocenters. The van der Waals surface area contributed by atoms with Gasteiger partial charge in [0.2, 0.25) is 0 Å². The predicted octanol–water partition coefficient (Wildman–Crippen LogP) is 5.06. The van der Waals surface area contributed by atoms with Crippen molar-refractivity contribution in [3.05, 3.63) is 65.5 Å². The maximum Gasteiger partial charge on any atom is 0.490 e. The fraction of sp³-hybridized carbons (Fsp3) is 0.517. The second-order valence-electron chi connectivity index (χ2n) is 10.5. The number of carbonyl (C=O) groups excluding carboxylic acids is 1. The Kier molecular flexibility index (Phi) is 13.6. The van der Waals surface area contributed by atoms with E-state index in [2.05, 4.69) is 41.1 Å². The van der Waals surface area contributed by atoms with E-state index in [-0.39, 0.29) is 11.3 Å². The van der Waals surface area contributed by atoms with Crippen LogP contribution in [0.5, 0.6) is 0 Å². The number of rotatable bonds is 5. The van der Waals surface area contributed by atoms with Gasteiger partial charge in [-0.1, -0.05) is 25.5 Å². The van der Waals surface area contributed by atoms with Crippen LogP contribution in [0.2, 0.25) is 0 Å². The van der Waals surface area contributed by atoms with Crippen LogP contribution in [0.25, 0.3) is 0 Å². The van der Waals surface area contributed by atoms with Crippen molar-refractivity contribution in [3.8, 4) is 0 Å². The fourth-order valence-electron chi connectivity index (χ4n) is 4.73. The molecule has 1 spiro atoms. The van der Waals surface area contributed by atoms with Gasteiger partial charge in [-0.25, -0.2) is 9.59 Å². The highest BCUT2D eigenvalue weighted by Crippen LogP contribution is 2.35. The summed E-state index contributed by atoms with van der Waals surface area (Å²) in [5.74, 6) is -5.35. The van der Waals surface area contributed by atoms with Crippen molar-refractivity contribution >= 4 is 17.8 Å². The molecule has 1 aromatic heterocycles. The number of aryl methyl sites for hydroxylation is 1. The third-order valence-electron chi connectivity index (χ3n) is 7.01. The number of likely N-dealkylation sites (tertiary alicyclic amines) is 1. The summed E-state index contributed by atoms with van der Waals surface area (Å²) in [4.78, 5) is 39.4. The predicted molar refractivity (Wildman–Crippen MR) is 146 cm³/mol. The molecule has 0 bridgehead atoms. The maximum absolute atomic E-state index is 13.0. The molecule has 244 valence electrons. The molecular formula is C29H35F6N3O6. The Hall–Kier alpha value is -3.72. The summed E-state index contributed by atoms with van der Waals surface area (Å²) >= 11 is 0. The molecule has 4 rings (SSSR count). The smallest absolute Gasteiger partial charge is 0.475 e. The standard InChI is InChI=1S/C25H33N3O2.2C2HF3O2/c1-2-3-21-4-6-23(7-5-21)24(29)28-14-10-25(11-15-28)19-27(16-17-30-20-25)18-22-8-12-26-13-9-22;2*3-2(4,5)1(6)7/h4-9,12-13H,2-3,10-11,14-20H2,1H3;2*(H,6,7). The number of hydrogen-bond donors (Lipinski definition) is 2. The molecule has 2 N–H and O–H groups in total. The topological polar surface area (TPSA) is 120 Å². The first-order valence-electron chi connectivity index (χ1n) is 13.7. The van der Waals surface area contributed by atoms with Gasteiger partial charge < -0.3 is 19.8 Å². The van der Waals surface area contributed by atoms with Crippen molar-refractivity contribution in [2.24, 2.45) is 5.41 Å². The number of alkyl halides is 6. The molecule has 15 heteroatoms. The summed E-state index contributed by atoms with van der Waals surface area (Å²) in [5.41, 5.74) is 3.55. The van der Waals surface area contributed by atoms with Gasteiger partial charge in [-0.3, -0.25) is 14.7 Å². The first kappa shape index (κ1) is 36.5. The zero-order valence-corrected chi connectivity index (χ0v) is 24.0. The zero-order valence-electron chi connectivity index (χ0n) is 24.0. The Balaban J connectivity index is 0.000000402. The van der Waals surface area contributed by atoms with E-state index in [4.69, 9.17) is 24.5 Å². The monoisotopic (exact) mass is 635 g/mol. The molecule has 0 saturated carbocycles. The summed E-state index contributed by atoms with van der Waals surface area (Å²) in [6.07, 6.45) is -2.26. The lowest BCUT2D eigenvalue weighted by molar-refractivity contribution is -0.193. The highest BCUT2D eigenvalue weighted by Gasteiger charge is 2.40. The third kappa shape index (κ3) is 12.1. The van der Waals surface area contributed by atoms with Crippen LogP contribution in [0.1, 0.15) is 47.7 Å². The molecule has 0 radical (unpaired) electrons. The molecule has 9 nitrogen and oxygen atoms in total. The number of carbonyl (C=O) groups is 3. The van der Waals surface area contributed by atoms with E-state index < -0.39 is 24.3 Å². The van der Waals surface area contributed by atoms with Crippen LogP contribution < -0.4 is 0 Å². The Labute approximate surface area is 250 Å². The summed E-state index contributed by atoms with van der Waals surface area (Å²) < 4.78 is 69.5. The number of aromatic nitrogens is 1. The molecule has 2 aliphatic heterocycles. The minimum absolute atomic E-state index is 0.144. The van der Waals surface area contributed by atoms with Gasteiger partial charge in [-0.15, -0.1) is 0 Å². The molecule has 2 aliphatic rings. The van der Waals surface area contributed by atoms with Crippen molar-refractivity contribution in [2.75, 3.05) is 39.4 Å². The average molecular weight is 636 g/mol. The first-order chi connectivity index (χ1) is 20.6. The van der Waals surface area contributed by atoms with E-state index in [1.165, 1.54) is 11.1 Å². The van der Waals surface area contributed by atoms with Crippen molar-refractivity contribution in [3.63, 3.8) is 0 Å². The largest absolute Gasteiger partial charge is 0.490 e. The molecule has 0 atom stereocenters. The van der Waals surface area contributed by atoms with Crippen molar-refractivity contribution in [1.29, 1.82) is 0 Å². The summed E-state index contributed by atoms with van der Waals surface area (Å²) in [6.45, 7) is 8.29. The normalized spacial score (nSPS) is 16.9. The number of carboxylic acids is 2. The number of piperidine rings is 1. The number of ether oxygens (including phenoxy) is 1. The van der Waals surface area contributed by atoms with Crippen LogP contribution in [-0.2, 0) is 27.3 Å². The number of halogens is 6. The summed E-state index contributed by atoms with van der Waals surface area (Å²) in [7, 11) is 0. The number of benzene rings is 1. The van der Waals surface area contributed by atoms with E-state index in [9.17, 15) is 31.1 Å². The number of pyridine rings is 1. The molecule has 2 saturated heterocycles. The summed E-state index contributed by atoms with van der Waals surface area (Å²) in [6, 6.07) is 12.3. The van der Waals surface area contributed by atoms with Crippen LogP contribution in [0.4, 0.5) is 26.3 Å². The maximum atomic E-state index is 13.0. The van der Waals surface area contributed by atoms with Crippen molar-refractivity contribution < 1.29 is 55.7 Å². The Bertz CT molecular complexity index is 1180. The first-order valence-corrected chi connectivity index (χ1v) is 13.7. The second kappa shape index (κ2) is 16.4. The molecular weight excluding hydrogens is 600 g/mol. The number of aliphatic carboxylic acids is 2. The fourth-order valence-corrected chi connectivity index (χ4v) is 4.73. The number of carboxylic acid groups (broad SMARTS) is 2. The van der Waals surface area contributed by atoms with Gasteiger partial charge in [-0.05, 0) is 54.7 Å². The highest BCUT2D eigenvalue weighted by atomic mass is 19.4. The molecule has 44 heavy (non-hydrogen) atoms. The lowest BCUT2D eigenvalue weighted by Crippen LogP contribution is -2.48. The molecule has 1 amide bonds. The van der Waals surface area contributed by atoms with Crippen molar-refractivity contribution in [1.82, 2.24) is 14.8 Å². The van der Waals surface area contributed by atoms with Gasteiger partial charge in [0.15, 0.2) is 0 Å². The molecule has 0 aliphatic carbocycles. The molecule has 2 aromatic rings. The quantitative estimate of drug-likeness (QED) is 0.438. The van der Waals surface area contributed by atoms with E-state index in [1.54, 1.807) is 0 Å². The Morgan fingerprint density at radius 2 is 1.39 bits per heavy atom. The van der Waals surface area contributed by atoms with Gasteiger partial charge in [-0.2, -0.15) is 26.3 Å². The van der Waals surface area contributed by atoms with Crippen LogP contribution in [0.15, 0.2) is 48.8 Å². The summed E-state index contributed by atoms with van der Waals surface area (Å²) in [5, 5.41) is 14.2. The van der Waals surface area contributed by atoms with Crippen LogP contribution in [-0.4, -0.2) is 94.6 Å². The SMILES string of the molecule is CCCc1ccc(C(=O)N2CCC3(CC2)COCCN(Cc2ccncc2)C3)cc1.O=C(O)C(F)(F)F.O=C(O)C(F)(F)F. The lowest BCUT2D eigenvalue weighted by Gasteiger charge is -2.42. The zero-order chi connectivity index (χ0) is 33.0. The molecule has 1 aromatic carbocycles. The minimum atomic E-state index is -5.08. The number of nitrogens with zero attached hydrogens (tertiary/aromatic N) is 3. The highest BCUT2D eigenvalue weighted by molar-refractivity contribution is 5.94. The van der Waals surface area contributed by atoms with E-state index in [0.29, 0.717) is 0 Å². The number of amides is 1. The van der Waals surface area contributed by atoms with Crippen LogP contribution in [0, 0.1) is 5.41 Å². The molecule has 3 heterocycles. The van der Waals surface area contributed by atoms with Crippen LogP contribution in [0.3, 0.4) is 0 Å². The Morgan fingerprint density at radius 3 is 1.86 bits per heavy atom. The molecule has 2 fully saturated rings. The van der Waals surface area contributed by atoms with Gasteiger partial charge in [0.25, 0.3) is 5.91 Å². The Morgan fingerprint density at radius 1 is 0.864 bits per heavy atom. The van der Waals surface area contributed by atoms with E-state index >= 15 is 0 Å². The third-order valence-corrected chi connectivity index (χ3v) is 7.01. The average Bonchev–Trinajstić information content (AvgIpc) is 3.15. The minimum Gasteiger partial charge on any atom is -0.475 e. The lowest BCUT2D eigenvalue weighted by atomic mass is 9.78.